The maximum Gasteiger partial charge on any atom is 0.236 e. The first kappa shape index (κ1) is 13.2. The highest BCUT2D eigenvalue weighted by molar-refractivity contribution is 5.77. The van der Waals surface area contributed by atoms with Crippen molar-refractivity contribution in [2.24, 2.45) is 0 Å². The van der Waals surface area contributed by atoms with E-state index in [9.17, 15) is 4.79 Å². The Morgan fingerprint density at radius 3 is 3.12 bits per heavy atom. The van der Waals surface area contributed by atoms with E-state index in [0.29, 0.717) is 26.1 Å². The van der Waals surface area contributed by atoms with Crippen LogP contribution >= 0.6 is 0 Å². The molecule has 6 nitrogen and oxygen atoms in total. The van der Waals surface area contributed by atoms with E-state index in [1.165, 1.54) is 0 Å². The fraction of sp³-hybridized carbons (Fsp3) is 0.545. The summed E-state index contributed by atoms with van der Waals surface area (Å²) in [6.07, 6.45) is 3.97. The van der Waals surface area contributed by atoms with Gasteiger partial charge in [-0.1, -0.05) is 0 Å². The Labute approximate surface area is 101 Å². The van der Waals surface area contributed by atoms with E-state index >= 15 is 0 Å². The summed E-state index contributed by atoms with van der Waals surface area (Å²) in [5, 5.41) is 15.5. The first-order valence-corrected chi connectivity index (χ1v) is 5.53. The van der Waals surface area contributed by atoms with Crippen molar-refractivity contribution in [3.05, 3.63) is 18.5 Å². The molecular formula is C11H17N5O. The van der Waals surface area contributed by atoms with Gasteiger partial charge in [-0.25, -0.2) is 0 Å². The highest BCUT2D eigenvalue weighted by Gasteiger charge is 2.06. The molecule has 0 radical (unpaired) electrons. The molecule has 0 atom stereocenters. The fourth-order valence-corrected chi connectivity index (χ4v) is 1.30. The van der Waals surface area contributed by atoms with Crippen molar-refractivity contribution in [3.63, 3.8) is 0 Å². The Morgan fingerprint density at radius 2 is 2.47 bits per heavy atom. The van der Waals surface area contributed by atoms with Crippen molar-refractivity contribution >= 4 is 5.91 Å². The Balaban J connectivity index is 2.09. The summed E-state index contributed by atoms with van der Waals surface area (Å²) < 4.78 is 1.80. The minimum Gasteiger partial charge on any atom is -0.344 e. The first-order valence-electron chi connectivity index (χ1n) is 5.53. The number of carbonyl (C=O) groups is 1. The van der Waals surface area contributed by atoms with Gasteiger partial charge in [-0.05, 0) is 6.07 Å². The van der Waals surface area contributed by atoms with Crippen molar-refractivity contribution in [3.8, 4) is 6.07 Å². The van der Waals surface area contributed by atoms with Crippen LogP contribution in [-0.4, -0.2) is 47.3 Å². The van der Waals surface area contributed by atoms with Gasteiger partial charge in [0.25, 0.3) is 0 Å². The quantitative estimate of drug-likeness (QED) is 0.667. The Bertz CT molecular complexity index is 368. The van der Waals surface area contributed by atoms with Crippen molar-refractivity contribution in [2.75, 3.05) is 26.7 Å². The second-order valence-corrected chi connectivity index (χ2v) is 3.67. The number of aromatic nitrogens is 2. The smallest absolute Gasteiger partial charge is 0.236 e. The number of likely N-dealkylation sites (N-methyl/N-ethyl adjacent to an activating group) is 1. The summed E-state index contributed by atoms with van der Waals surface area (Å²) in [7, 11) is 1.70. The molecule has 92 valence electrons. The predicted molar refractivity (Wildman–Crippen MR) is 63.0 cm³/mol. The molecule has 0 aliphatic rings. The molecule has 1 amide bonds. The molecule has 17 heavy (non-hydrogen) atoms. The molecule has 0 aliphatic carbocycles. The molecule has 0 aromatic carbocycles. The third-order valence-electron chi connectivity index (χ3n) is 2.34. The fourth-order valence-electron chi connectivity index (χ4n) is 1.30. The SMILES string of the molecule is CN(CCC#N)C(=O)CNCCn1cccn1. The molecule has 1 aromatic heterocycles. The Hall–Kier alpha value is -1.87. The lowest BCUT2D eigenvalue weighted by Crippen LogP contribution is -2.37. The Kier molecular flexibility index (Phi) is 5.75. The molecule has 1 rings (SSSR count). The Morgan fingerprint density at radius 1 is 1.65 bits per heavy atom. The first-order chi connectivity index (χ1) is 8.24. The average Bonchev–Trinajstić information content (AvgIpc) is 2.84. The van der Waals surface area contributed by atoms with Crippen LogP contribution in [0.4, 0.5) is 0 Å². The van der Waals surface area contributed by atoms with Gasteiger partial charge >= 0.3 is 0 Å². The van der Waals surface area contributed by atoms with Crippen molar-refractivity contribution < 1.29 is 4.79 Å². The zero-order valence-electron chi connectivity index (χ0n) is 9.96. The van der Waals surface area contributed by atoms with E-state index in [-0.39, 0.29) is 5.91 Å². The van der Waals surface area contributed by atoms with E-state index in [4.69, 9.17) is 5.26 Å². The number of carbonyl (C=O) groups excluding carboxylic acids is 1. The van der Waals surface area contributed by atoms with Gasteiger partial charge in [0.1, 0.15) is 0 Å². The van der Waals surface area contributed by atoms with Gasteiger partial charge in [-0.15, -0.1) is 0 Å². The molecule has 1 heterocycles. The van der Waals surface area contributed by atoms with E-state index in [0.717, 1.165) is 6.54 Å². The van der Waals surface area contributed by atoms with Crippen LogP contribution in [0.5, 0.6) is 0 Å². The number of hydrogen-bond acceptors (Lipinski definition) is 4. The largest absolute Gasteiger partial charge is 0.344 e. The molecule has 0 saturated heterocycles. The average molecular weight is 235 g/mol. The maximum absolute atomic E-state index is 11.5. The van der Waals surface area contributed by atoms with Gasteiger partial charge in [0.05, 0.1) is 25.6 Å². The van der Waals surface area contributed by atoms with Gasteiger partial charge in [0, 0.05) is 32.5 Å². The van der Waals surface area contributed by atoms with E-state index < -0.39 is 0 Å². The summed E-state index contributed by atoms with van der Waals surface area (Å²) >= 11 is 0. The maximum atomic E-state index is 11.5. The van der Waals surface area contributed by atoms with Crippen LogP contribution in [0.15, 0.2) is 18.5 Å². The zero-order chi connectivity index (χ0) is 12.5. The number of amides is 1. The number of nitrogens with zero attached hydrogens (tertiary/aromatic N) is 4. The lowest BCUT2D eigenvalue weighted by Gasteiger charge is -2.15. The molecule has 0 spiro atoms. The van der Waals surface area contributed by atoms with Gasteiger partial charge in [-0.2, -0.15) is 10.4 Å². The van der Waals surface area contributed by atoms with E-state index in [1.54, 1.807) is 22.8 Å². The molecule has 1 aromatic rings. The lowest BCUT2D eigenvalue weighted by molar-refractivity contribution is -0.128. The third kappa shape index (κ3) is 5.13. The standard InChI is InChI=1S/C11H17N5O/c1-15(7-2-4-12)11(17)10-13-6-9-16-8-3-5-14-16/h3,5,8,13H,2,6-7,9-10H2,1H3. The normalized spacial score (nSPS) is 9.88. The van der Waals surface area contributed by atoms with Gasteiger partial charge in [0.2, 0.25) is 5.91 Å². The molecule has 0 aliphatic heterocycles. The number of nitrogens with one attached hydrogen (secondary N) is 1. The van der Waals surface area contributed by atoms with E-state index in [2.05, 4.69) is 10.4 Å². The molecule has 6 heteroatoms. The minimum absolute atomic E-state index is 0.000662. The van der Waals surface area contributed by atoms with Crippen LogP contribution in [0, 0.1) is 11.3 Å². The molecule has 0 saturated carbocycles. The second kappa shape index (κ2) is 7.41. The van der Waals surface area contributed by atoms with Crippen molar-refractivity contribution in [1.29, 1.82) is 5.26 Å². The van der Waals surface area contributed by atoms with Gasteiger partial charge < -0.3 is 10.2 Å². The molecule has 0 fully saturated rings. The zero-order valence-corrected chi connectivity index (χ0v) is 9.96. The van der Waals surface area contributed by atoms with Gasteiger partial charge in [-0.3, -0.25) is 9.48 Å². The summed E-state index contributed by atoms with van der Waals surface area (Å²) in [5.41, 5.74) is 0. The van der Waals surface area contributed by atoms with Crippen LogP contribution in [-0.2, 0) is 11.3 Å². The van der Waals surface area contributed by atoms with Crippen LogP contribution < -0.4 is 5.32 Å². The molecule has 0 bridgehead atoms. The monoisotopic (exact) mass is 235 g/mol. The lowest BCUT2D eigenvalue weighted by atomic mass is 10.4. The van der Waals surface area contributed by atoms with Gasteiger partial charge in [0.15, 0.2) is 0 Å². The molecular weight excluding hydrogens is 218 g/mol. The van der Waals surface area contributed by atoms with Crippen molar-refractivity contribution in [2.45, 2.75) is 13.0 Å². The minimum atomic E-state index is 0.000662. The van der Waals surface area contributed by atoms with Crippen LogP contribution in [0.2, 0.25) is 0 Å². The number of hydrogen-bond donors (Lipinski definition) is 1. The summed E-state index contributed by atoms with van der Waals surface area (Å²) in [6.45, 7) is 2.21. The summed E-state index contributed by atoms with van der Waals surface area (Å²) in [4.78, 5) is 13.1. The second-order valence-electron chi connectivity index (χ2n) is 3.67. The third-order valence-corrected chi connectivity index (χ3v) is 2.34. The topological polar surface area (TPSA) is 74.0 Å². The van der Waals surface area contributed by atoms with Crippen LogP contribution in [0.1, 0.15) is 6.42 Å². The predicted octanol–water partition coefficient (Wildman–Crippen LogP) is -0.155. The highest BCUT2D eigenvalue weighted by Crippen LogP contribution is 1.87. The number of nitriles is 1. The highest BCUT2D eigenvalue weighted by atomic mass is 16.2. The summed E-state index contributed by atoms with van der Waals surface area (Å²) in [5.74, 6) is 0.000662. The molecule has 1 N–H and O–H groups in total. The molecule has 0 unspecified atom stereocenters. The van der Waals surface area contributed by atoms with Crippen LogP contribution in [0.25, 0.3) is 0 Å². The van der Waals surface area contributed by atoms with Crippen LogP contribution in [0.3, 0.4) is 0 Å². The van der Waals surface area contributed by atoms with E-state index in [1.807, 2.05) is 18.3 Å². The number of rotatable bonds is 7. The summed E-state index contributed by atoms with van der Waals surface area (Å²) in [6, 6.07) is 3.88. The van der Waals surface area contributed by atoms with Crippen molar-refractivity contribution in [1.82, 2.24) is 20.0 Å².